The first kappa shape index (κ1) is 19.1. The summed E-state index contributed by atoms with van der Waals surface area (Å²) in [6, 6.07) is 11.0. The molecule has 6 nitrogen and oxygen atoms in total. The predicted molar refractivity (Wildman–Crippen MR) is 100 cm³/mol. The molecule has 0 unspecified atom stereocenters. The van der Waals surface area contributed by atoms with E-state index in [0.29, 0.717) is 16.3 Å². The molecule has 0 radical (unpaired) electrons. The molecular weight excluding hydrogens is 359 g/mol. The molecule has 2 amide bonds. The molecule has 0 atom stereocenters. The van der Waals surface area contributed by atoms with Gasteiger partial charge in [-0.2, -0.15) is 5.10 Å². The molecule has 134 valence electrons. The summed E-state index contributed by atoms with van der Waals surface area (Å²) in [6.07, 6.45) is 2.74. The van der Waals surface area contributed by atoms with Gasteiger partial charge in [0.05, 0.1) is 11.9 Å². The number of amides is 2. The van der Waals surface area contributed by atoms with Crippen LogP contribution in [0, 0.1) is 5.82 Å². The maximum atomic E-state index is 13.8. The van der Waals surface area contributed by atoms with Crippen molar-refractivity contribution in [3.8, 4) is 0 Å². The third-order valence-corrected chi connectivity index (χ3v) is 3.37. The van der Waals surface area contributed by atoms with Crippen molar-refractivity contribution in [1.82, 2.24) is 10.7 Å². The zero-order chi connectivity index (χ0) is 18.9. The van der Waals surface area contributed by atoms with E-state index in [2.05, 4.69) is 27.7 Å². The van der Waals surface area contributed by atoms with E-state index in [4.69, 9.17) is 11.6 Å². The highest BCUT2D eigenvalue weighted by atomic mass is 35.5. The molecule has 0 aliphatic heterocycles. The number of hydrazone groups is 1. The summed E-state index contributed by atoms with van der Waals surface area (Å²) >= 11 is 5.98. The highest BCUT2D eigenvalue weighted by Gasteiger charge is 2.11. The van der Waals surface area contributed by atoms with Crippen molar-refractivity contribution in [2.75, 3.05) is 11.9 Å². The molecule has 0 bridgehead atoms. The molecule has 0 saturated heterocycles. The number of nitrogens with zero attached hydrogens (tertiary/aromatic N) is 1. The van der Waals surface area contributed by atoms with Gasteiger partial charge in [0.15, 0.2) is 0 Å². The van der Waals surface area contributed by atoms with E-state index in [1.807, 2.05) is 0 Å². The smallest absolute Gasteiger partial charge is 0.329 e. The lowest BCUT2D eigenvalue weighted by atomic mass is 10.2. The van der Waals surface area contributed by atoms with E-state index in [1.54, 1.807) is 36.4 Å². The van der Waals surface area contributed by atoms with E-state index >= 15 is 0 Å². The maximum absolute atomic E-state index is 13.8. The Balaban J connectivity index is 2.12. The molecule has 0 saturated carbocycles. The van der Waals surface area contributed by atoms with Crippen molar-refractivity contribution >= 4 is 41.0 Å². The van der Waals surface area contributed by atoms with Gasteiger partial charge in [-0.25, -0.2) is 9.82 Å². The van der Waals surface area contributed by atoms with Crippen LogP contribution in [0.25, 0.3) is 0 Å². The molecule has 0 aliphatic rings. The minimum Gasteiger partial charge on any atom is -0.353 e. The quantitative estimate of drug-likeness (QED) is 0.314. The monoisotopic (exact) mass is 374 g/mol. The zero-order valence-corrected chi connectivity index (χ0v) is 14.4. The van der Waals surface area contributed by atoms with Crippen LogP contribution in [0.5, 0.6) is 0 Å². The third-order valence-electron chi connectivity index (χ3n) is 3.14. The molecule has 0 spiro atoms. The Hall–Kier alpha value is -3.19. The van der Waals surface area contributed by atoms with Gasteiger partial charge in [-0.3, -0.25) is 9.59 Å². The summed E-state index contributed by atoms with van der Waals surface area (Å²) < 4.78 is 13.8. The Kier molecular flexibility index (Phi) is 6.87. The minimum atomic E-state index is -0.922. The average molecular weight is 375 g/mol. The molecule has 0 fully saturated rings. The summed E-state index contributed by atoms with van der Waals surface area (Å²) in [6.45, 7) is 3.60. The summed E-state index contributed by atoms with van der Waals surface area (Å²) in [4.78, 5) is 23.0. The van der Waals surface area contributed by atoms with Gasteiger partial charge in [-0.1, -0.05) is 29.8 Å². The van der Waals surface area contributed by atoms with Crippen LogP contribution in [0.1, 0.15) is 5.56 Å². The van der Waals surface area contributed by atoms with Crippen LogP contribution in [0.15, 0.2) is 60.2 Å². The molecule has 0 heterocycles. The zero-order valence-electron chi connectivity index (χ0n) is 13.6. The Morgan fingerprint density at radius 1 is 1.15 bits per heavy atom. The summed E-state index contributed by atoms with van der Waals surface area (Å²) in [5.41, 5.74) is 3.39. The fourth-order valence-electron chi connectivity index (χ4n) is 1.92. The van der Waals surface area contributed by atoms with Crippen LogP contribution >= 0.6 is 11.6 Å². The van der Waals surface area contributed by atoms with Gasteiger partial charge in [-0.15, -0.1) is 6.58 Å². The molecular formula is C18H16ClFN4O2. The summed E-state index contributed by atoms with van der Waals surface area (Å²) in [7, 11) is 0. The molecule has 2 aromatic rings. The first-order valence-electron chi connectivity index (χ1n) is 7.54. The van der Waals surface area contributed by atoms with Crippen LogP contribution in [0.2, 0.25) is 5.02 Å². The molecule has 8 heteroatoms. The third kappa shape index (κ3) is 5.42. The number of carbonyl (C=O) groups excluding carboxylic acids is 2. The molecule has 3 N–H and O–H groups in total. The number of anilines is 2. The van der Waals surface area contributed by atoms with Gasteiger partial charge in [0, 0.05) is 22.8 Å². The Morgan fingerprint density at radius 3 is 2.65 bits per heavy atom. The molecule has 2 rings (SSSR count). The lowest BCUT2D eigenvalue weighted by Gasteiger charge is -2.10. The van der Waals surface area contributed by atoms with Crippen molar-refractivity contribution in [3.05, 3.63) is 71.5 Å². The molecule has 0 aliphatic carbocycles. The predicted octanol–water partition coefficient (Wildman–Crippen LogP) is 2.98. The van der Waals surface area contributed by atoms with Gasteiger partial charge in [0.25, 0.3) is 0 Å². The number of rotatable bonds is 6. The number of benzene rings is 2. The second kappa shape index (κ2) is 9.33. The first-order valence-corrected chi connectivity index (χ1v) is 7.92. The van der Waals surface area contributed by atoms with E-state index < -0.39 is 17.6 Å². The number of carbonyl (C=O) groups is 2. The molecule has 26 heavy (non-hydrogen) atoms. The standard InChI is InChI=1S/C18H16ClFN4O2/c1-2-9-21-17(25)18(26)24-22-11-12-10-13(19)7-8-15(12)23-16-6-4-3-5-14(16)20/h2-8,10-11,23H,1,9H2,(H,21,25)(H,24,26)/b22-11-. The largest absolute Gasteiger partial charge is 0.353 e. The van der Waals surface area contributed by atoms with Crippen LogP contribution in [0.3, 0.4) is 0 Å². The number of hydrogen-bond acceptors (Lipinski definition) is 4. The minimum absolute atomic E-state index is 0.168. The number of nitrogens with one attached hydrogen (secondary N) is 3. The number of halogens is 2. The second-order valence-electron chi connectivity index (χ2n) is 5.03. The highest BCUT2D eigenvalue weighted by molar-refractivity contribution is 6.35. The first-order chi connectivity index (χ1) is 12.5. The lowest BCUT2D eigenvalue weighted by Crippen LogP contribution is -2.37. The van der Waals surface area contributed by atoms with E-state index in [0.717, 1.165) is 0 Å². The van der Waals surface area contributed by atoms with Crippen molar-refractivity contribution in [1.29, 1.82) is 0 Å². The van der Waals surface area contributed by atoms with Gasteiger partial charge < -0.3 is 10.6 Å². The Morgan fingerprint density at radius 2 is 1.92 bits per heavy atom. The fraction of sp³-hybridized carbons (Fsp3) is 0.0556. The van der Waals surface area contributed by atoms with E-state index in [1.165, 1.54) is 18.4 Å². The summed E-state index contributed by atoms with van der Waals surface area (Å²) in [5.74, 6) is -2.18. The Bertz CT molecular complexity index is 855. The van der Waals surface area contributed by atoms with Gasteiger partial charge in [0.2, 0.25) is 0 Å². The maximum Gasteiger partial charge on any atom is 0.329 e. The topological polar surface area (TPSA) is 82.6 Å². The van der Waals surface area contributed by atoms with Crippen LogP contribution in [0.4, 0.5) is 15.8 Å². The van der Waals surface area contributed by atoms with Gasteiger partial charge in [0.1, 0.15) is 5.82 Å². The highest BCUT2D eigenvalue weighted by Crippen LogP contribution is 2.24. The fourth-order valence-corrected chi connectivity index (χ4v) is 2.10. The number of hydrogen-bond donors (Lipinski definition) is 3. The van der Waals surface area contributed by atoms with Crippen LogP contribution < -0.4 is 16.1 Å². The average Bonchev–Trinajstić information content (AvgIpc) is 2.63. The Labute approximate surface area is 154 Å². The van der Waals surface area contributed by atoms with E-state index in [9.17, 15) is 14.0 Å². The van der Waals surface area contributed by atoms with Crippen molar-refractivity contribution in [2.24, 2.45) is 5.10 Å². The second-order valence-corrected chi connectivity index (χ2v) is 5.47. The van der Waals surface area contributed by atoms with E-state index in [-0.39, 0.29) is 12.2 Å². The van der Waals surface area contributed by atoms with Crippen molar-refractivity contribution in [3.63, 3.8) is 0 Å². The molecule has 0 aromatic heterocycles. The summed E-state index contributed by atoms with van der Waals surface area (Å²) in [5, 5.41) is 9.41. The lowest BCUT2D eigenvalue weighted by molar-refractivity contribution is -0.139. The normalized spacial score (nSPS) is 10.4. The SMILES string of the molecule is C=CCNC(=O)C(=O)N/N=C\c1cc(Cl)ccc1Nc1ccccc1F. The van der Waals surface area contributed by atoms with Crippen molar-refractivity contribution in [2.45, 2.75) is 0 Å². The van der Waals surface area contributed by atoms with Crippen LogP contribution in [-0.2, 0) is 9.59 Å². The van der Waals surface area contributed by atoms with Crippen molar-refractivity contribution < 1.29 is 14.0 Å². The molecule has 2 aromatic carbocycles. The number of para-hydroxylation sites is 1. The van der Waals surface area contributed by atoms with Gasteiger partial charge in [-0.05, 0) is 30.3 Å². The van der Waals surface area contributed by atoms with Gasteiger partial charge >= 0.3 is 11.8 Å². The van der Waals surface area contributed by atoms with Crippen LogP contribution in [-0.4, -0.2) is 24.6 Å².